The summed E-state index contributed by atoms with van der Waals surface area (Å²) in [4.78, 5) is 20.6. The molecule has 2 aromatic heterocycles. The van der Waals surface area contributed by atoms with E-state index in [2.05, 4.69) is 39.3 Å². The van der Waals surface area contributed by atoms with Gasteiger partial charge in [-0.05, 0) is 25.3 Å². The molecule has 2 heterocycles. The molecule has 0 aliphatic heterocycles. The Balaban J connectivity index is 2.12. The summed E-state index contributed by atoms with van der Waals surface area (Å²) in [6.07, 6.45) is 0.726. The number of anilines is 1. The second-order valence-corrected chi connectivity index (χ2v) is 6.53. The standard InChI is InChI=1S/C16H24N6O2/c1-8(2)6-11-7-12(20-16(17)19-11)13(23)18-10(5)15-22-21-14(24-15)9(3)4/h7-10H,6H2,1-5H3,(H,18,23)(H2,17,19,20)/t10-/m1/s1. The van der Waals surface area contributed by atoms with Crippen LogP contribution in [0.1, 0.15) is 74.5 Å². The number of nitrogens with zero attached hydrogens (tertiary/aromatic N) is 4. The topological polar surface area (TPSA) is 120 Å². The van der Waals surface area contributed by atoms with E-state index >= 15 is 0 Å². The van der Waals surface area contributed by atoms with Crippen molar-refractivity contribution < 1.29 is 9.21 Å². The summed E-state index contributed by atoms with van der Waals surface area (Å²) in [5.41, 5.74) is 6.68. The molecule has 0 saturated carbocycles. The molecule has 1 amide bonds. The molecule has 0 fully saturated rings. The van der Waals surface area contributed by atoms with Crippen molar-refractivity contribution in [2.24, 2.45) is 5.92 Å². The van der Waals surface area contributed by atoms with Crippen molar-refractivity contribution in [3.05, 3.63) is 29.2 Å². The van der Waals surface area contributed by atoms with Gasteiger partial charge in [-0.1, -0.05) is 27.7 Å². The summed E-state index contributed by atoms with van der Waals surface area (Å²) in [7, 11) is 0. The van der Waals surface area contributed by atoms with E-state index in [0.29, 0.717) is 17.7 Å². The van der Waals surface area contributed by atoms with E-state index in [-0.39, 0.29) is 23.5 Å². The largest absolute Gasteiger partial charge is 0.423 e. The van der Waals surface area contributed by atoms with Crippen LogP contribution in [0, 0.1) is 5.92 Å². The van der Waals surface area contributed by atoms with Gasteiger partial charge in [0.25, 0.3) is 5.91 Å². The lowest BCUT2D eigenvalue weighted by atomic mass is 10.1. The molecule has 2 aromatic rings. The van der Waals surface area contributed by atoms with Crippen LogP contribution in [0.25, 0.3) is 0 Å². The van der Waals surface area contributed by atoms with E-state index in [9.17, 15) is 4.79 Å². The smallest absolute Gasteiger partial charge is 0.270 e. The molecule has 0 spiro atoms. The number of carbonyl (C=O) groups is 1. The van der Waals surface area contributed by atoms with Crippen LogP contribution in [0.4, 0.5) is 5.95 Å². The number of nitrogen functional groups attached to an aromatic ring is 1. The van der Waals surface area contributed by atoms with Crippen molar-refractivity contribution in [3.8, 4) is 0 Å². The summed E-state index contributed by atoms with van der Waals surface area (Å²) < 4.78 is 5.55. The van der Waals surface area contributed by atoms with Crippen molar-refractivity contribution >= 4 is 11.9 Å². The Morgan fingerprint density at radius 3 is 2.42 bits per heavy atom. The van der Waals surface area contributed by atoms with Crippen LogP contribution in [0.3, 0.4) is 0 Å². The Labute approximate surface area is 141 Å². The first-order valence-corrected chi connectivity index (χ1v) is 8.03. The molecule has 0 aliphatic rings. The average molecular weight is 332 g/mol. The fourth-order valence-electron chi connectivity index (χ4n) is 2.14. The van der Waals surface area contributed by atoms with Gasteiger partial charge in [0.1, 0.15) is 11.7 Å². The third-order valence-electron chi connectivity index (χ3n) is 3.31. The van der Waals surface area contributed by atoms with E-state index in [4.69, 9.17) is 10.2 Å². The molecule has 1 atom stereocenters. The van der Waals surface area contributed by atoms with Gasteiger partial charge in [0.15, 0.2) is 0 Å². The van der Waals surface area contributed by atoms with Crippen molar-refractivity contribution in [3.63, 3.8) is 0 Å². The molecule has 8 nitrogen and oxygen atoms in total. The summed E-state index contributed by atoms with van der Waals surface area (Å²) in [6, 6.07) is 1.23. The van der Waals surface area contributed by atoms with Crippen molar-refractivity contribution in [2.75, 3.05) is 5.73 Å². The highest BCUT2D eigenvalue weighted by molar-refractivity contribution is 5.92. The summed E-state index contributed by atoms with van der Waals surface area (Å²) >= 11 is 0. The SMILES string of the molecule is CC(C)Cc1cc(C(=O)N[C@H](C)c2nnc(C(C)C)o2)nc(N)n1. The summed E-state index contributed by atoms with van der Waals surface area (Å²) in [6.45, 7) is 9.83. The highest BCUT2D eigenvalue weighted by Crippen LogP contribution is 2.17. The van der Waals surface area contributed by atoms with Crippen LogP contribution in [0.5, 0.6) is 0 Å². The minimum atomic E-state index is -0.428. The molecule has 0 aromatic carbocycles. The predicted octanol–water partition coefficient (Wildman–Crippen LogP) is 2.25. The van der Waals surface area contributed by atoms with Crippen LogP contribution in [0.15, 0.2) is 10.5 Å². The minimum absolute atomic E-state index is 0.0887. The Morgan fingerprint density at radius 1 is 1.17 bits per heavy atom. The number of rotatable bonds is 6. The van der Waals surface area contributed by atoms with Crippen molar-refractivity contribution in [2.45, 2.75) is 53.0 Å². The molecule has 0 aliphatic carbocycles. The molecule has 3 N–H and O–H groups in total. The number of aromatic nitrogens is 4. The fraction of sp³-hybridized carbons (Fsp3) is 0.562. The molecular weight excluding hydrogens is 308 g/mol. The third kappa shape index (κ3) is 4.50. The van der Waals surface area contributed by atoms with Gasteiger partial charge in [-0.3, -0.25) is 4.79 Å². The van der Waals surface area contributed by atoms with Gasteiger partial charge in [0, 0.05) is 11.6 Å². The fourth-order valence-corrected chi connectivity index (χ4v) is 2.14. The number of carbonyl (C=O) groups excluding carboxylic acids is 1. The average Bonchev–Trinajstić information content (AvgIpc) is 2.95. The van der Waals surface area contributed by atoms with E-state index in [1.54, 1.807) is 13.0 Å². The van der Waals surface area contributed by atoms with Crippen molar-refractivity contribution in [1.82, 2.24) is 25.5 Å². The van der Waals surface area contributed by atoms with E-state index in [1.807, 2.05) is 13.8 Å². The van der Waals surface area contributed by atoms with Gasteiger partial charge in [-0.2, -0.15) is 0 Å². The number of nitrogens with one attached hydrogen (secondary N) is 1. The summed E-state index contributed by atoms with van der Waals surface area (Å²) in [5.74, 6) is 1.17. The van der Waals surface area contributed by atoms with Gasteiger partial charge in [0.2, 0.25) is 17.7 Å². The van der Waals surface area contributed by atoms with Crippen LogP contribution >= 0.6 is 0 Å². The Bertz CT molecular complexity index is 710. The van der Waals surface area contributed by atoms with Crippen molar-refractivity contribution in [1.29, 1.82) is 0 Å². The maximum Gasteiger partial charge on any atom is 0.270 e. The number of nitrogens with two attached hydrogens (primary N) is 1. The molecule has 2 rings (SSSR count). The number of hydrogen-bond donors (Lipinski definition) is 2. The quantitative estimate of drug-likeness (QED) is 0.832. The van der Waals surface area contributed by atoms with Crippen LogP contribution in [-0.2, 0) is 6.42 Å². The van der Waals surface area contributed by atoms with Gasteiger partial charge in [-0.15, -0.1) is 10.2 Å². The van der Waals surface area contributed by atoms with E-state index in [0.717, 1.165) is 12.1 Å². The molecule has 130 valence electrons. The van der Waals surface area contributed by atoms with Gasteiger partial charge in [0.05, 0.1) is 0 Å². The normalized spacial score (nSPS) is 12.6. The third-order valence-corrected chi connectivity index (χ3v) is 3.31. The lowest BCUT2D eigenvalue weighted by Gasteiger charge is -2.11. The maximum atomic E-state index is 12.4. The zero-order valence-electron chi connectivity index (χ0n) is 14.7. The number of amides is 1. The van der Waals surface area contributed by atoms with Crippen LogP contribution < -0.4 is 11.1 Å². The Kier molecular flexibility index (Phi) is 5.48. The molecule has 8 heteroatoms. The molecule has 0 bridgehead atoms. The molecular formula is C16H24N6O2. The molecule has 0 radical (unpaired) electrons. The maximum absolute atomic E-state index is 12.4. The first kappa shape index (κ1) is 17.8. The molecule has 24 heavy (non-hydrogen) atoms. The predicted molar refractivity (Wildman–Crippen MR) is 89.3 cm³/mol. The first-order valence-electron chi connectivity index (χ1n) is 8.03. The first-order chi connectivity index (χ1) is 11.3. The zero-order chi connectivity index (χ0) is 17.9. The minimum Gasteiger partial charge on any atom is -0.423 e. The van der Waals surface area contributed by atoms with Gasteiger partial charge < -0.3 is 15.5 Å². The van der Waals surface area contributed by atoms with E-state index < -0.39 is 6.04 Å². The molecule has 0 unspecified atom stereocenters. The lowest BCUT2D eigenvalue weighted by Crippen LogP contribution is -2.28. The van der Waals surface area contributed by atoms with Crippen LogP contribution in [-0.4, -0.2) is 26.1 Å². The second-order valence-electron chi connectivity index (χ2n) is 6.53. The zero-order valence-corrected chi connectivity index (χ0v) is 14.7. The van der Waals surface area contributed by atoms with Gasteiger partial charge in [-0.25, -0.2) is 9.97 Å². The van der Waals surface area contributed by atoms with Gasteiger partial charge >= 0.3 is 0 Å². The van der Waals surface area contributed by atoms with E-state index in [1.165, 1.54) is 0 Å². The Hall–Kier alpha value is -2.51. The molecule has 0 saturated heterocycles. The highest BCUT2D eigenvalue weighted by Gasteiger charge is 2.20. The second kappa shape index (κ2) is 7.37. The summed E-state index contributed by atoms with van der Waals surface area (Å²) in [5, 5.41) is 10.7. The monoisotopic (exact) mass is 332 g/mol. The Morgan fingerprint density at radius 2 is 1.83 bits per heavy atom. The highest BCUT2D eigenvalue weighted by atomic mass is 16.4. The number of hydrogen-bond acceptors (Lipinski definition) is 7. The lowest BCUT2D eigenvalue weighted by molar-refractivity contribution is 0.0928. The van der Waals surface area contributed by atoms with Crippen LogP contribution in [0.2, 0.25) is 0 Å².